The van der Waals surface area contributed by atoms with Gasteiger partial charge in [-0.3, -0.25) is 4.79 Å². The molecule has 3 nitrogen and oxygen atoms in total. The van der Waals surface area contributed by atoms with Crippen LogP contribution in [-0.2, 0) is 4.79 Å². The maximum Gasteiger partial charge on any atom is 0.222 e. The highest BCUT2D eigenvalue weighted by atomic mass is 16.1. The molecule has 0 saturated heterocycles. The van der Waals surface area contributed by atoms with Gasteiger partial charge in [-0.15, -0.1) is 0 Å². The SMILES string of the molecule is CC.CCNCCCCCNC(=O)C(C)C.[HH].[HH]. The fraction of sp³-hybridized carbons (Fsp3) is 0.923. The van der Waals surface area contributed by atoms with E-state index in [-0.39, 0.29) is 14.7 Å². The Balaban J connectivity index is -0.000000232. The molecule has 1 amide bonds. The summed E-state index contributed by atoms with van der Waals surface area (Å²) in [7, 11) is 0. The summed E-state index contributed by atoms with van der Waals surface area (Å²) >= 11 is 0. The topological polar surface area (TPSA) is 41.1 Å². The first-order valence-corrected chi connectivity index (χ1v) is 6.67. The third-order valence-corrected chi connectivity index (χ3v) is 2.10. The van der Waals surface area contributed by atoms with Crippen molar-refractivity contribution >= 4 is 5.91 Å². The lowest BCUT2D eigenvalue weighted by molar-refractivity contribution is -0.123. The van der Waals surface area contributed by atoms with Crippen LogP contribution in [0, 0.1) is 5.92 Å². The summed E-state index contributed by atoms with van der Waals surface area (Å²) < 4.78 is 0. The largest absolute Gasteiger partial charge is 0.356 e. The van der Waals surface area contributed by atoms with E-state index < -0.39 is 0 Å². The molecule has 0 aromatic carbocycles. The van der Waals surface area contributed by atoms with Crippen LogP contribution in [0.25, 0.3) is 0 Å². The van der Waals surface area contributed by atoms with Crippen molar-refractivity contribution in [2.24, 2.45) is 5.92 Å². The predicted octanol–water partition coefficient (Wildman–Crippen LogP) is 3.06. The summed E-state index contributed by atoms with van der Waals surface area (Å²) in [6.07, 6.45) is 3.47. The molecule has 0 aromatic heterocycles. The molecule has 0 heterocycles. The number of hydrogen-bond donors (Lipinski definition) is 2. The highest BCUT2D eigenvalue weighted by Crippen LogP contribution is 1.94. The van der Waals surface area contributed by atoms with Crippen LogP contribution in [0.1, 0.15) is 56.7 Å². The Hall–Kier alpha value is -0.570. The van der Waals surface area contributed by atoms with E-state index >= 15 is 0 Å². The molecular weight excluding hydrogens is 200 g/mol. The van der Waals surface area contributed by atoms with Crippen LogP contribution < -0.4 is 10.6 Å². The minimum atomic E-state index is 0. The zero-order chi connectivity index (χ0) is 12.8. The van der Waals surface area contributed by atoms with Crippen LogP contribution in [0.2, 0.25) is 0 Å². The minimum Gasteiger partial charge on any atom is -0.356 e. The molecule has 0 bridgehead atoms. The quantitative estimate of drug-likeness (QED) is 0.634. The van der Waals surface area contributed by atoms with Crippen LogP contribution >= 0.6 is 0 Å². The second kappa shape index (κ2) is 14.4. The Morgan fingerprint density at radius 3 is 2.19 bits per heavy atom. The highest BCUT2D eigenvalue weighted by Gasteiger charge is 2.04. The van der Waals surface area contributed by atoms with Crippen molar-refractivity contribution in [3.8, 4) is 0 Å². The summed E-state index contributed by atoms with van der Waals surface area (Å²) in [4.78, 5) is 11.2. The molecule has 0 radical (unpaired) electrons. The monoisotopic (exact) mass is 234 g/mol. The summed E-state index contributed by atoms with van der Waals surface area (Å²) in [5.74, 6) is 0.272. The third kappa shape index (κ3) is 13.4. The molecule has 0 atom stereocenters. The maximum atomic E-state index is 11.2. The van der Waals surface area contributed by atoms with Gasteiger partial charge in [0.25, 0.3) is 0 Å². The van der Waals surface area contributed by atoms with E-state index in [1.54, 1.807) is 0 Å². The Kier molecular flexibility index (Phi) is 16.1. The predicted molar refractivity (Wildman–Crippen MR) is 75.8 cm³/mol. The summed E-state index contributed by atoms with van der Waals surface area (Å²) in [5, 5.41) is 6.19. The van der Waals surface area contributed by atoms with Crippen LogP contribution in [0.15, 0.2) is 0 Å². The third-order valence-electron chi connectivity index (χ3n) is 2.10. The van der Waals surface area contributed by atoms with Gasteiger partial charge in [0, 0.05) is 15.3 Å². The molecule has 0 aliphatic rings. The fourth-order valence-electron chi connectivity index (χ4n) is 1.14. The first kappa shape index (κ1) is 17.8. The van der Waals surface area contributed by atoms with Gasteiger partial charge in [-0.2, -0.15) is 0 Å². The van der Waals surface area contributed by atoms with Crippen molar-refractivity contribution in [3.63, 3.8) is 0 Å². The van der Waals surface area contributed by atoms with E-state index in [0.29, 0.717) is 0 Å². The minimum absolute atomic E-state index is 0. The van der Waals surface area contributed by atoms with E-state index in [1.165, 1.54) is 12.8 Å². The highest BCUT2D eigenvalue weighted by molar-refractivity contribution is 5.77. The summed E-state index contributed by atoms with van der Waals surface area (Å²) in [6.45, 7) is 12.9. The van der Waals surface area contributed by atoms with Gasteiger partial charge in [0.05, 0.1) is 0 Å². The number of unbranched alkanes of at least 4 members (excludes halogenated alkanes) is 2. The molecule has 3 heteroatoms. The van der Waals surface area contributed by atoms with Crippen molar-refractivity contribution in [1.29, 1.82) is 0 Å². The number of carbonyl (C=O) groups excluding carboxylic acids is 1. The lowest BCUT2D eigenvalue weighted by atomic mass is 10.2. The Bertz CT molecular complexity index is 156. The van der Waals surface area contributed by atoms with Crippen molar-refractivity contribution in [3.05, 3.63) is 0 Å². The van der Waals surface area contributed by atoms with Crippen molar-refractivity contribution in [1.82, 2.24) is 10.6 Å². The molecule has 0 fully saturated rings. The number of carbonyl (C=O) groups is 1. The Labute approximate surface area is 104 Å². The van der Waals surface area contributed by atoms with Gasteiger partial charge >= 0.3 is 0 Å². The molecule has 0 aliphatic heterocycles. The van der Waals surface area contributed by atoms with Gasteiger partial charge in [-0.25, -0.2) is 0 Å². The molecule has 16 heavy (non-hydrogen) atoms. The first-order valence-electron chi connectivity index (χ1n) is 6.67. The number of rotatable bonds is 8. The normalized spacial score (nSPS) is 9.62. The average molecular weight is 234 g/mol. The van der Waals surface area contributed by atoms with Crippen LogP contribution in [0.5, 0.6) is 0 Å². The van der Waals surface area contributed by atoms with Crippen molar-refractivity contribution in [2.75, 3.05) is 19.6 Å². The van der Waals surface area contributed by atoms with Crippen LogP contribution in [0.3, 0.4) is 0 Å². The van der Waals surface area contributed by atoms with Gasteiger partial charge in [0.15, 0.2) is 0 Å². The lowest BCUT2D eigenvalue weighted by Gasteiger charge is -2.07. The number of nitrogens with one attached hydrogen (secondary N) is 2. The molecular formula is C13H34N2O. The Morgan fingerprint density at radius 1 is 1.12 bits per heavy atom. The second-order valence-electron chi connectivity index (χ2n) is 3.86. The molecule has 2 N–H and O–H groups in total. The zero-order valence-electron chi connectivity index (χ0n) is 11.7. The van der Waals surface area contributed by atoms with E-state index in [9.17, 15) is 4.79 Å². The number of hydrogen-bond acceptors (Lipinski definition) is 2. The molecule has 102 valence electrons. The fourth-order valence-corrected chi connectivity index (χ4v) is 1.14. The smallest absolute Gasteiger partial charge is 0.222 e. The van der Waals surface area contributed by atoms with Crippen LogP contribution in [-0.4, -0.2) is 25.5 Å². The Morgan fingerprint density at radius 2 is 1.69 bits per heavy atom. The molecule has 0 unspecified atom stereocenters. The lowest BCUT2D eigenvalue weighted by Crippen LogP contribution is -2.28. The molecule has 0 aromatic rings. The summed E-state index contributed by atoms with van der Waals surface area (Å²) in [6, 6.07) is 0. The van der Waals surface area contributed by atoms with E-state index in [0.717, 1.165) is 26.1 Å². The zero-order valence-corrected chi connectivity index (χ0v) is 11.7. The van der Waals surface area contributed by atoms with Crippen molar-refractivity contribution in [2.45, 2.75) is 53.9 Å². The van der Waals surface area contributed by atoms with Gasteiger partial charge in [0.2, 0.25) is 5.91 Å². The molecule has 0 rings (SSSR count). The molecule has 0 aliphatic carbocycles. The van der Waals surface area contributed by atoms with Crippen molar-refractivity contribution < 1.29 is 7.65 Å². The molecule has 0 spiro atoms. The first-order chi connectivity index (χ1) is 7.68. The number of amides is 1. The van der Waals surface area contributed by atoms with E-state index in [1.807, 2.05) is 27.7 Å². The van der Waals surface area contributed by atoms with E-state index in [2.05, 4.69) is 17.6 Å². The van der Waals surface area contributed by atoms with Gasteiger partial charge < -0.3 is 10.6 Å². The molecule has 0 saturated carbocycles. The standard InChI is InChI=1S/C11H24N2O.C2H6.2H2/c1-4-12-8-6-5-7-9-13-11(14)10(2)3;1-2;;/h10,12H,4-9H2,1-3H3,(H,13,14);1-2H3;2*1H. The maximum absolute atomic E-state index is 11.2. The van der Waals surface area contributed by atoms with Gasteiger partial charge in [-0.05, 0) is 25.9 Å². The van der Waals surface area contributed by atoms with E-state index in [4.69, 9.17) is 0 Å². The van der Waals surface area contributed by atoms with Crippen LogP contribution in [0.4, 0.5) is 0 Å². The summed E-state index contributed by atoms with van der Waals surface area (Å²) in [5.41, 5.74) is 0. The van der Waals surface area contributed by atoms with Gasteiger partial charge in [-0.1, -0.05) is 41.0 Å². The average Bonchev–Trinajstić information content (AvgIpc) is 2.30. The second-order valence-corrected chi connectivity index (χ2v) is 3.86. The van der Waals surface area contributed by atoms with Gasteiger partial charge in [0.1, 0.15) is 0 Å².